The summed E-state index contributed by atoms with van der Waals surface area (Å²) in [4.78, 5) is 73.0. The minimum atomic E-state index is -2.46. The van der Waals surface area contributed by atoms with Gasteiger partial charge in [-0.1, -0.05) is 71.1 Å². The summed E-state index contributed by atoms with van der Waals surface area (Å²) in [6.07, 6.45) is 12.2. The summed E-state index contributed by atoms with van der Waals surface area (Å²) in [5.74, 6) is -7.64. The van der Waals surface area contributed by atoms with E-state index in [9.17, 15) is 34.2 Å². The van der Waals surface area contributed by atoms with E-state index < -0.39 is 77.9 Å². The van der Waals surface area contributed by atoms with Gasteiger partial charge in [0, 0.05) is 58.5 Å². The Bertz CT molecular complexity index is 1930. The van der Waals surface area contributed by atoms with Crippen LogP contribution < -0.4 is 0 Å². The lowest BCUT2D eigenvalue weighted by Gasteiger charge is -2.43. The molecule has 5 rings (SSSR count). The van der Waals surface area contributed by atoms with E-state index in [0.29, 0.717) is 76.8 Å². The van der Waals surface area contributed by atoms with Crippen LogP contribution in [0.25, 0.3) is 0 Å². The zero-order valence-corrected chi connectivity index (χ0v) is 44.8. The molecule has 0 spiro atoms. The Morgan fingerprint density at radius 1 is 0.819 bits per heavy atom. The smallest absolute Gasteiger partial charge is 0.329 e. The second kappa shape index (κ2) is 28.4. The summed E-state index contributed by atoms with van der Waals surface area (Å²) in [5, 5.41) is 22.7. The van der Waals surface area contributed by atoms with Crippen LogP contribution in [0.2, 0.25) is 0 Å². The van der Waals surface area contributed by atoms with Crippen molar-refractivity contribution in [2.45, 2.75) is 186 Å². The van der Waals surface area contributed by atoms with Gasteiger partial charge in [0.25, 0.3) is 11.7 Å². The average Bonchev–Trinajstić information content (AvgIpc) is 3.34. The molecule has 406 valence electrons. The Labute approximate surface area is 428 Å². The predicted molar refractivity (Wildman–Crippen MR) is 269 cm³/mol. The molecule has 2 bridgehead atoms. The number of carbonyl (C=O) groups excluding carboxylic acids is 5. The number of ketones is 3. The summed E-state index contributed by atoms with van der Waals surface area (Å²) in [6, 6.07) is -1.14. The number of amides is 1. The van der Waals surface area contributed by atoms with E-state index in [4.69, 9.17) is 37.9 Å². The molecular formula is C56H87NO15. The Morgan fingerprint density at radius 2 is 1.54 bits per heavy atom. The lowest BCUT2D eigenvalue weighted by Crippen LogP contribution is -2.61. The van der Waals surface area contributed by atoms with Gasteiger partial charge in [0.1, 0.15) is 36.2 Å². The molecule has 72 heavy (non-hydrogen) atoms. The first-order valence-electron chi connectivity index (χ1n) is 26.6. The molecule has 1 unspecified atom stereocenters. The van der Waals surface area contributed by atoms with Gasteiger partial charge in [0.15, 0.2) is 5.78 Å². The molecule has 0 aromatic carbocycles. The lowest BCUT2D eigenvalue weighted by molar-refractivity contribution is -0.266. The zero-order chi connectivity index (χ0) is 52.7. The largest absolute Gasteiger partial charge is 0.460 e. The van der Waals surface area contributed by atoms with Crippen molar-refractivity contribution in [3.8, 4) is 0 Å². The van der Waals surface area contributed by atoms with E-state index in [1.54, 1.807) is 34.0 Å². The second-order valence-corrected chi connectivity index (χ2v) is 21.5. The van der Waals surface area contributed by atoms with Crippen molar-refractivity contribution in [1.29, 1.82) is 0 Å². The minimum absolute atomic E-state index is 0.0240. The van der Waals surface area contributed by atoms with Gasteiger partial charge in [-0.2, -0.15) is 0 Å². The summed E-state index contributed by atoms with van der Waals surface area (Å²) < 4.78 is 47.4. The first-order chi connectivity index (χ1) is 34.3. The van der Waals surface area contributed by atoms with Gasteiger partial charge in [-0.3, -0.25) is 19.2 Å². The number of aliphatic hydroxyl groups excluding tert-OH is 1. The van der Waals surface area contributed by atoms with Crippen molar-refractivity contribution in [2.24, 2.45) is 35.5 Å². The molecule has 0 radical (unpaired) electrons. The minimum Gasteiger partial charge on any atom is -0.460 e. The number of esters is 1. The third-order valence-electron chi connectivity index (χ3n) is 15.8. The molecule has 0 aromatic rings. The van der Waals surface area contributed by atoms with Gasteiger partial charge in [0.05, 0.1) is 50.8 Å². The van der Waals surface area contributed by atoms with E-state index in [0.717, 1.165) is 12.0 Å². The Hall–Kier alpha value is -3.45. The molecule has 3 saturated heterocycles. The van der Waals surface area contributed by atoms with Crippen molar-refractivity contribution >= 4 is 29.2 Å². The van der Waals surface area contributed by atoms with Crippen molar-refractivity contribution in [3.63, 3.8) is 0 Å². The molecule has 1 amide bonds. The fourth-order valence-corrected chi connectivity index (χ4v) is 11.0. The number of rotatable bonds is 11. The first kappa shape index (κ1) is 59.4. The second-order valence-electron chi connectivity index (χ2n) is 21.5. The molecular weight excluding hydrogens is 927 g/mol. The van der Waals surface area contributed by atoms with Gasteiger partial charge in [0.2, 0.25) is 5.79 Å². The third-order valence-corrected chi connectivity index (χ3v) is 15.8. The monoisotopic (exact) mass is 1010 g/mol. The number of carbonyl (C=O) groups is 5. The number of hydrogen-bond acceptors (Lipinski definition) is 15. The lowest BCUT2D eigenvalue weighted by atomic mass is 9.78. The summed E-state index contributed by atoms with van der Waals surface area (Å²) in [6.45, 7) is 14.8. The van der Waals surface area contributed by atoms with Crippen LogP contribution in [0.5, 0.6) is 0 Å². The number of ether oxygens (including phenoxy) is 8. The fourth-order valence-electron chi connectivity index (χ4n) is 11.0. The van der Waals surface area contributed by atoms with Gasteiger partial charge < -0.3 is 53.0 Å². The van der Waals surface area contributed by atoms with Gasteiger partial charge in [-0.05, 0) is 107 Å². The maximum Gasteiger partial charge on any atom is 0.329 e. The summed E-state index contributed by atoms with van der Waals surface area (Å²) in [7, 11) is 4.56. The molecule has 4 fully saturated rings. The standard InChI is InChI=1S/C56H87NO15/c1-34-16-12-11-13-17-35(2)47(70-25-24-69-43-32-68-33-43)30-42-21-19-40(7)56(64,72-42)53(61)54(62)57-23-15-14-18-44(57)55(63)71-48(37(4)28-41-20-22-45(58)49(29-41)65-8)31-46(59)36(3)27-39(6)51(66-9)52(67-10)50(60)38(5)26-34/h11-13,16-17,27,34,36-38,40-45,47-49,51-52,58,64H,14-15,18-26,28-33H2,1-10H3/b13-11+,16-12+,35-17+,39-27+/t34-,36-,37-,38-,40-,41+,42+,44?,45-,47+,48+,49-,51-,52+,56-/m1/s1. The molecule has 15 atom stereocenters. The highest BCUT2D eigenvalue weighted by Crippen LogP contribution is 2.38. The third kappa shape index (κ3) is 16.0. The number of Topliss-reactive ketones (excluding diaryl/α,β-unsaturated/α-hetero) is 3. The van der Waals surface area contributed by atoms with Crippen LogP contribution in [0, 0.1) is 35.5 Å². The highest BCUT2D eigenvalue weighted by molar-refractivity contribution is 6.39. The molecule has 2 N–H and O–H groups in total. The number of allylic oxidation sites excluding steroid dienone is 6. The molecule has 0 aromatic heterocycles. The highest BCUT2D eigenvalue weighted by Gasteiger charge is 2.53. The number of nitrogens with zero attached hydrogens (tertiary/aromatic N) is 1. The van der Waals surface area contributed by atoms with E-state index in [1.807, 2.05) is 58.1 Å². The molecule has 4 aliphatic heterocycles. The molecule has 1 aliphatic carbocycles. The SMILES string of the molecule is CO[C@@H]1/C(C)=C/[C@@H](C)C(=O)C[C@@H]([C@H](C)C[C@@H]2CC[C@@H](O)[C@H](OC)C2)OC(=O)C2CCCCN2C(=O)C(=O)[C@]2(O)O[C@@H](CC[C@H]2C)C[C@H](OCCOC2COC2)/C(C)=C/C=C/C=C/[C@@H](C)C[C@@H](C)C(=O)[C@@H]1OC. The van der Waals surface area contributed by atoms with Crippen LogP contribution in [0.4, 0.5) is 0 Å². The van der Waals surface area contributed by atoms with Crippen LogP contribution in [0.1, 0.15) is 126 Å². The van der Waals surface area contributed by atoms with E-state index >= 15 is 0 Å². The van der Waals surface area contributed by atoms with Crippen LogP contribution in [-0.4, -0.2) is 159 Å². The van der Waals surface area contributed by atoms with E-state index in [1.165, 1.54) is 19.1 Å². The number of fused-ring (bicyclic) bond motifs is 3. The van der Waals surface area contributed by atoms with Crippen molar-refractivity contribution in [2.75, 3.05) is 54.3 Å². The normalized spacial score (nSPS) is 38.9. The van der Waals surface area contributed by atoms with E-state index in [2.05, 4.69) is 0 Å². The molecule has 5 aliphatic rings. The summed E-state index contributed by atoms with van der Waals surface area (Å²) >= 11 is 0. The Balaban J connectivity index is 1.48. The quantitative estimate of drug-likeness (QED) is 0.0967. The van der Waals surface area contributed by atoms with Gasteiger partial charge >= 0.3 is 5.97 Å². The molecule has 1 saturated carbocycles. The van der Waals surface area contributed by atoms with Gasteiger partial charge in [-0.15, -0.1) is 0 Å². The first-order valence-corrected chi connectivity index (χ1v) is 26.6. The van der Waals surface area contributed by atoms with Gasteiger partial charge in [-0.25, -0.2) is 4.79 Å². The number of piperidine rings is 1. The zero-order valence-electron chi connectivity index (χ0n) is 44.8. The molecule has 16 heteroatoms. The number of cyclic esters (lactones) is 1. The van der Waals surface area contributed by atoms with Crippen LogP contribution >= 0.6 is 0 Å². The van der Waals surface area contributed by atoms with Crippen LogP contribution in [-0.2, 0) is 61.9 Å². The fraction of sp³-hybridized carbons (Fsp3) is 0.768. The number of hydrogen-bond donors (Lipinski definition) is 2. The van der Waals surface area contributed by atoms with Crippen LogP contribution in [0.15, 0.2) is 47.6 Å². The Morgan fingerprint density at radius 3 is 2.22 bits per heavy atom. The summed E-state index contributed by atoms with van der Waals surface area (Å²) in [5.41, 5.74) is 1.51. The number of aliphatic hydroxyl groups is 2. The molecule has 16 nitrogen and oxygen atoms in total. The predicted octanol–water partition coefficient (Wildman–Crippen LogP) is 6.62. The van der Waals surface area contributed by atoms with E-state index in [-0.39, 0.29) is 79.9 Å². The van der Waals surface area contributed by atoms with Crippen LogP contribution in [0.3, 0.4) is 0 Å². The average molecular weight is 1010 g/mol. The molecule has 4 heterocycles. The highest BCUT2D eigenvalue weighted by atomic mass is 16.6. The maximum atomic E-state index is 14.5. The topological polar surface area (TPSA) is 203 Å². The van der Waals surface area contributed by atoms with Crippen molar-refractivity contribution in [1.82, 2.24) is 4.90 Å². The maximum absolute atomic E-state index is 14.5. The van der Waals surface area contributed by atoms with Crippen molar-refractivity contribution < 1.29 is 72.1 Å². The number of methoxy groups -OCH3 is 3. The van der Waals surface area contributed by atoms with Crippen molar-refractivity contribution in [3.05, 3.63) is 47.6 Å². The Kier molecular flexibility index (Phi) is 23.5.